The van der Waals surface area contributed by atoms with E-state index in [0.717, 1.165) is 43.5 Å². The van der Waals surface area contributed by atoms with E-state index in [9.17, 15) is 4.79 Å². The van der Waals surface area contributed by atoms with Crippen LogP contribution in [-0.4, -0.2) is 28.0 Å². The Bertz CT molecular complexity index is 1200. The van der Waals surface area contributed by atoms with E-state index in [1.54, 1.807) is 6.20 Å². The first-order valence-electron chi connectivity index (χ1n) is 10.5. The molecule has 0 atom stereocenters. The lowest BCUT2D eigenvalue weighted by Gasteiger charge is -2.32. The summed E-state index contributed by atoms with van der Waals surface area (Å²) in [6.07, 6.45) is 5.02. The summed E-state index contributed by atoms with van der Waals surface area (Å²) < 4.78 is 0. The number of hydrogen-bond donors (Lipinski definition) is 1. The fourth-order valence-electron chi connectivity index (χ4n) is 4.36. The summed E-state index contributed by atoms with van der Waals surface area (Å²) in [5.74, 6) is 1.29. The van der Waals surface area contributed by atoms with E-state index in [-0.39, 0.29) is 5.56 Å². The van der Waals surface area contributed by atoms with Crippen molar-refractivity contribution in [1.29, 1.82) is 0 Å². The molecule has 1 fully saturated rings. The normalized spacial score (nSPS) is 14.9. The van der Waals surface area contributed by atoms with Crippen molar-refractivity contribution in [2.75, 3.05) is 18.0 Å². The number of anilines is 1. The standard InChI is InChI=1S/C25H24N4O/c30-24-22-21(20-9-5-2-6-10-20)11-14-26-23(22)27-25(28-24)29-15-12-19(13-16-29)17-18-7-3-1-4-8-18/h1-11,14,19H,12-13,15-17H2,(H,26,27,28,30). The molecule has 0 radical (unpaired) electrons. The van der Waals surface area contributed by atoms with Gasteiger partial charge in [0, 0.05) is 19.3 Å². The lowest BCUT2D eigenvalue weighted by molar-refractivity contribution is 0.400. The zero-order valence-corrected chi connectivity index (χ0v) is 16.8. The van der Waals surface area contributed by atoms with Crippen LogP contribution < -0.4 is 10.5 Å². The number of aromatic amines is 1. The fourth-order valence-corrected chi connectivity index (χ4v) is 4.36. The molecule has 5 heteroatoms. The molecule has 30 heavy (non-hydrogen) atoms. The van der Waals surface area contributed by atoms with Crippen LogP contribution in [0.15, 0.2) is 77.7 Å². The van der Waals surface area contributed by atoms with Crippen molar-refractivity contribution >= 4 is 17.0 Å². The van der Waals surface area contributed by atoms with Crippen LogP contribution in [0, 0.1) is 5.92 Å². The molecule has 2 aromatic carbocycles. The van der Waals surface area contributed by atoms with E-state index in [2.05, 4.69) is 45.2 Å². The summed E-state index contributed by atoms with van der Waals surface area (Å²) >= 11 is 0. The van der Waals surface area contributed by atoms with Crippen molar-refractivity contribution in [3.05, 3.63) is 88.8 Å². The first-order chi connectivity index (χ1) is 14.8. The average molecular weight is 396 g/mol. The summed E-state index contributed by atoms with van der Waals surface area (Å²) in [6, 6.07) is 22.4. The molecule has 0 aliphatic carbocycles. The summed E-state index contributed by atoms with van der Waals surface area (Å²) in [7, 11) is 0. The molecule has 0 amide bonds. The van der Waals surface area contributed by atoms with Gasteiger partial charge in [-0.15, -0.1) is 0 Å². The lowest BCUT2D eigenvalue weighted by Crippen LogP contribution is -2.36. The maximum atomic E-state index is 13.0. The number of benzene rings is 2. The molecule has 3 heterocycles. The second kappa shape index (κ2) is 8.11. The van der Waals surface area contributed by atoms with Crippen molar-refractivity contribution in [2.45, 2.75) is 19.3 Å². The zero-order chi connectivity index (χ0) is 20.3. The van der Waals surface area contributed by atoms with Crippen LogP contribution in [0.2, 0.25) is 0 Å². The number of aromatic nitrogens is 3. The van der Waals surface area contributed by atoms with E-state index < -0.39 is 0 Å². The largest absolute Gasteiger partial charge is 0.342 e. The minimum atomic E-state index is -0.131. The molecule has 1 aliphatic heterocycles. The number of pyridine rings is 1. The molecular formula is C25H24N4O. The predicted octanol–water partition coefficient (Wildman–Crippen LogP) is 4.44. The van der Waals surface area contributed by atoms with Gasteiger partial charge in [0.2, 0.25) is 5.95 Å². The van der Waals surface area contributed by atoms with Gasteiger partial charge in [-0.3, -0.25) is 9.78 Å². The second-order valence-corrected chi connectivity index (χ2v) is 7.93. The Morgan fingerprint density at radius 3 is 2.37 bits per heavy atom. The summed E-state index contributed by atoms with van der Waals surface area (Å²) in [5, 5.41) is 0.548. The summed E-state index contributed by atoms with van der Waals surface area (Å²) in [6.45, 7) is 1.79. The van der Waals surface area contributed by atoms with Gasteiger partial charge >= 0.3 is 0 Å². The highest BCUT2D eigenvalue weighted by atomic mass is 16.1. The van der Waals surface area contributed by atoms with Gasteiger partial charge in [-0.05, 0) is 47.9 Å². The minimum Gasteiger partial charge on any atom is -0.342 e. The van der Waals surface area contributed by atoms with Crippen LogP contribution in [0.3, 0.4) is 0 Å². The molecule has 0 bridgehead atoms. The minimum absolute atomic E-state index is 0.131. The number of hydrogen-bond acceptors (Lipinski definition) is 4. The Labute approximate surface area is 175 Å². The molecule has 150 valence electrons. The predicted molar refractivity (Wildman–Crippen MR) is 121 cm³/mol. The third-order valence-corrected chi connectivity index (χ3v) is 5.96. The van der Waals surface area contributed by atoms with Gasteiger partial charge in [0.1, 0.15) is 0 Å². The molecule has 0 spiro atoms. The molecule has 1 aliphatic rings. The smallest absolute Gasteiger partial charge is 0.262 e. The van der Waals surface area contributed by atoms with E-state index >= 15 is 0 Å². The maximum absolute atomic E-state index is 13.0. The maximum Gasteiger partial charge on any atom is 0.262 e. The van der Waals surface area contributed by atoms with Crippen LogP contribution in [-0.2, 0) is 6.42 Å². The molecule has 4 aromatic rings. The topological polar surface area (TPSA) is 61.9 Å². The number of fused-ring (bicyclic) bond motifs is 1. The molecule has 1 N–H and O–H groups in total. The number of nitrogens with zero attached hydrogens (tertiary/aromatic N) is 3. The first-order valence-corrected chi connectivity index (χ1v) is 10.5. The number of piperidine rings is 1. The fraction of sp³-hybridized carbons (Fsp3) is 0.240. The van der Waals surface area contributed by atoms with Crippen molar-refractivity contribution in [2.24, 2.45) is 5.92 Å². The molecule has 5 nitrogen and oxygen atoms in total. The van der Waals surface area contributed by atoms with E-state index in [4.69, 9.17) is 4.98 Å². The molecule has 1 saturated heterocycles. The van der Waals surface area contributed by atoms with Gasteiger partial charge in [-0.1, -0.05) is 60.7 Å². The number of H-pyrrole nitrogens is 1. The highest BCUT2D eigenvalue weighted by molar-refractivity contribution is 5.92. The van der Waals surface area contributed by atoms with Gasteiger partial charge in [0.25, 0.3) is 5.56 Å². The third kappa shape index (κ3) is 3.71. The summed E-state index contributed by atoms with van der Waals surface area (Å²) in [4.78, 5) is 27.3. The van der Waals surface area contributed by atoms with Crippen LogP contribution in [0.5, 0.6) is 0 Å². The van der Waals surface area contributed by atoms with Gasteiger partial charge in [0.15, 0.2) is 5.65 Å². The van der Waals surface area contributed by atoms with Crippen LogP contribution >= 0.6 is 0 Å². The Hall–Kier alpha value is -3.47. The second-order valence-electron chi connectivity index (χ2n) is 7.93. The van der Waals surface area contributed by atoms with E-state index in [1.807, 2.05) is 36.4 Å². The lowest BCUT2D eigenvalue weighted by atomic mass is 9.90. The van der Waals surface area contributed by atoms with Gasteiger partial charge in [-0.2, -0.15) is 4.98 Å². The van der Waals surface area contributed by atoms with Gasteiger partial charge in [-0.25, -0.2) is 4.98 Å². The van der Waals surface area contributed by atoms with Crippen molar-refractivity contribution < 1.29 is 0 Å². The molecule has 0 unspecified atom stereocenters. The van der Waals surface area contributed by atoms with Crippen LogP contribution in [0.25, 0.3) is 22.2 Å². The monoisotopic (exact) mass is 396 g/mol. The van der Waals surface area contributed by atoms with E-state index in [1.165, 1.54) is 5.56 Å². The van der Waals surface area contributed by atoms with E-state index in [0.29, 0.717) is 22.9 Å². The van der Waals surface area contributed by atoms with Crippen molar-refractivity contribution in [3.8, 4) is 11.1 Å². The quantitative estimate of drug-likeness (QED) is 0.554. The molecule has 0 saturated carbocycles. The van der Waals surface area contributed by atoms with Gasteiger partial charge < -0.3 is 4.90 Å². The van der Waals surface area contributed by atoms with Crippen LogP contribution in [0.4, 0.5) is 5.95 Å². The Kier molecular flexibility index (Phi) is 5.01. The molecule has 2 aromatic heterocycles. The first kappa shape index (κ1) is 18.6. The average Bonchev–Trinajstić information content (AvgIpc) is 2.80. The van der Waals surface area contributed by atoms with Crippen molar-refractivity contribution in [1.82, 2.24) is 15.0 Å². The van der Waals surface area contributed by atoms with Crippen LogP contribution in [0.1, 0.15) is 18.4 Å². The highest BCUT2D eigenvalue weighted by Gasteiger charge is 2.22. The highest BCUT2D eigenvalue weighted by Crippen LogP contribution is 2.27. The Morgan fingerprint density at radius 2 is 1.63 bits per heavy atom. The third-order valence-electron chi connectivity index (χ3n) is 5.96. The molecular weight excluding hydrogens is 372 g/mol. The Balaban J connectivity index is 1.38. The summed E-state index contributed by atoms with van der Waals surface area (Å²) in [5.41, 5.74) is 3.62. The number of nitrogens with one attached hydrogen (secondary N) is 1. The number of rotatable bonds is 4. The molecule has 5 rings (SSSR count). The zero-order valence-electron chi connectivity index (χ0n) is 16.8. The SMILES string of the molecule is O=c1[nH]c(N2CCC(Cc3ccccc3)CC2)nc2nccc(-c3ccccc3)c12. The van der Waals surface area contributed by atoms with Gasteiger partial charge in [0.05, 0.1) is 5.39 Å². The Morgan fingerprint density at radius 1 is 0.933 bits per heavy atom. The van der Waals surface area contributed by atoms with Crippen molar-refractivity contribution in [3.63, 3.8) is 0 Å².